The minimum absolute atomic E-state index is 0.0149. The summed E-state index contributed by atoms with van der Waals surface area (Å²) in [5.41, 5.74) is 2.09. The van der Waals surface area contributed by atoms with Crippen LogP contribution in [0.1, 0.15) is 12.0 Å². The van der Waals surface area contributed by atoms with Crippen LogP contribution in [0.2, 0.25) is 0 Å². The van der Waals surface area contributed by atoms with Crippen LogP contribution in [-0.2, 0) is 16.0 Å². The summed E-state index contributed by atoms with van der Waals surface area (Å²) >= 11 is 0. The molecule has 0 unspecified atom stereocenters. The van der Waals surface area contributed by atoms with E-state index in [0.717, 1.165) is 22.9 Å². The molecule has 1 saturated heterocycles. The Labute approximate surface area is 111 Å². The molecule has 1 amide bonds. The van der Waals surface area contributed by atoms with Crippen molar-refractivity contribution < 1.29 is 9.59 Å². The predicted octanol–water partition coefficient (Wildman–Crippen LogP) is 1.58. The molecule has 1 aromatic carbocycles. The van der Waals surface area contributed by atoms with Crippen LogP contribution >= 0.6 is 0 Å². The molecule has 2 aromatic rings. The van der Waals surface area contributed by atoms with Gasteiger partial charge in [0.1, 0.15) is 0 Å². The summed E-state index contributed by atoms with van der Waals surface area (Å²) in [4.78, 5) is 28.8. The maximum atomic E-state index is 11.6. The molecule has 96 valence electrons. The highest BCUT2D eigenvalue weighted by molar-refractivity contribution is 6.05. The number of aromatic nitrogens is 1. The molecular weight excluding hydrogens is 240 g/mol. The van der Waals surface area contributed by atoms with Crippen molar-refractivity contribution in [3.05, 3.63) is 42.1 Å². The standard InChI is InChI=1S/C15H14N2O2/c18-13-9-14(19)17(10-13)8-6-12-4-1-3-11-5-2-7-16-15(11)12/h1-5,7H,6,8-10H2. The number of amides is 1. The van der Waals surface area contributed by atoms with E-state index in [1.54, 1.807) is 11.1 Å². The number of pyridine rings is 1. The van der Waals surface area contributed by atoms with Gasteiger partial charge >= 0.3 is 0 Å². The topological polar surface area (TPSA) is 50.3 Å². The number of hydrogen-bond acceptors (Lipinski definition) is 3. The molecule has 0 atom stereocenters. The molecule has 4 heteroatoms. The smallest absolute Gasteiger partial charge is 0.230 e. The third kappa shape index (κ3) is 2.34. The summed E-state index contributed by atoms with van der Waals surface area (Å²) < 4.78 is 0. The number of nitrogens with zero attached hydrogens (tertiary/aromatic N) is 2. The largest absolute Gasteiger partial charge is 0.335 e. The first-order valence-corrected chi connectivity index (χ1v) is 6.36. The summed E-state index contributed by atoms with van der Waals surface area (Å²) in [6.07, 6.45) is 2.57. The van der Waals surface area contributed by atoms with Crippen molar-refractivity contribution in [3.63, 3.8) is 0 Å². The van der Waals surface area contributed by atoms with Gasteiger partial charge in [-0.15, -0.1) is 0 Å². The second kappa shape index (κ2) is 4.80. The van der Waals surface area contributed by atoms with Gasteiger partial charge in [0.05, 0.1) is 18.5 Å². The van der Waals surface area contributed by atoms with Gasteiger partial charge in [0.25, 0.3) is 0 Å². The van der Waals surface area contributed by atoms with Crippen molar-refractivity contribution in [1.82, 2.24) is 9.88 Å². The molecule has 4 nitrogen and oxygen atoms in total. The van der Waals surface area contributed by atoms with Gasteiger partial charge in [-0.25, -0.2) is 0 Å². The number of para-hydroxylation sites is 1. The SMILES string of the molecule is O=C1CC(=O)N(CCc2cccc3cccnc23)C1. The fourth-order valence-corrected chi connectivity index (χ4v) is 2.47. The molecule has 0 N–H and O–H groups in total. The number of rotatable bonds is 3. The Kier molecular flexibility index (Phi) is 2.99. The molecule has 0 saturated carbocycles. The van der Waals surface area contributed by atoms with Gasteiger partial charge in [-0.2, -0.15) is 0 Å². The van der Waals surface area contributed by atoms with E-state index >= 15 is 0 Å². The molecule has 1 fully saturated rings. The minimum Gasteiger partial charge on any atom is -0.335 e. The first kappa shape index (κ1) is 11.8. The van der Waals surface area contributed by atoms with E-state index in [9.17, 15) is 9.59 Å². The van der Waals surface area contributed by atoms with E-state index in [0.29, 0.717) is 6.54 Å². The summed E-state index contributed by atoms with van der Waals surface area (Å²) in [6, 6.07) is 9.98. The lowest BCUT2D eigenvalue weighted by Crippen LogP contribution is -2.27. The average molecular weight is 254 g/mol. The van der Waals surface area contributed by atoms with E-state index in [1.165, 1.54) is 0 Å². The third-order valence-electron chi connectivity index (χ3n) is 3.44. The van der Waals surface area contributed by atoms with Crippen LogP contribution in [0.3, 0.4) is 0 Å². The van der Waals surface area contributed by atoms with Crippen LogP contribution < -0.4 is 0 Å². The Balaban J connectivity index is 1.79. The second-order valence-electron chi connectivity index (χ2n) is 4.77. The molecule has 19 heavy (non-hydrogen) atoms. The van der Waals surface area contributed by atoms with Gasteiger partial charge in [-0.3, -0.25) is 14.6 Å². The number of Topliss-reactive ketones (excluding diaryl/α,β-unsaturated/α-hetero) is 1. The molecule has 1 aliphatic rings. The number of fused-ring (bicyclic) bond motifs is 1. The van der Waals surface area contributed by atoms with E-state index < -0.39 is 0 Å². The highest BCUT2D eigenvalue weighted by Gasteiger charge is 2.26. The maximum absolute atomic E-state index is 11.6. The first-order chi connectivity index (χ1) is 9.24. The molecule has 2 heterocycles. The van der Waals surface area contributed by atoms with Crippen LogP contribution in [0.25, 0.3) is 10.9 Å². The Morgan fingerprint density at radius 3 is 2.79 bits per heavy atom. The number of hydrogen-bond donors (Lipinski definition) is 0. The maximum Gasteiger partial charge on any atom is 0.230 e. The quantitative estimate of drug-likeness (QED) is 0.781. The minimum atomic E-state index is -0.0572. The summed E-state index contributed by atoms with van der Waals surface area (Å²) in [7, 11) is 0. The van der Waals surface area contributed by atoms with Crippen molar-refractivity contribution in [2.75, 3.05) is 13.1 Å². The molecule has 1 aromatic heterocycles. The van der Waals surface area contributed by atoms with Crippen molar-refractivity contribution in [2.24, 2.45) is 0 Å². The average Bonchev–Trinajstić information content (AvgIpc) is 2.74. The third-order valence-corrected chi connectivity index (χ3v) is 3.44. The van der Waals surface area contributed by atoms with Gasteiger partial charge in [-0.1, -0.05) is 24.3 Å². The number of benzene rings is 1. The van der Waals surface area contributed by atoms with Crippen LogP contribution in [0.15, 0.2) is 36.5 Å². The highest BCUT2D eigenvalue weighted by atomic mass is 16.2. The second-order valence-corrected chi connectivity index (χ2v) is 4.77. The summed E-state index contributed by atoms with van der Waals surface area (Å²) in [5, 5.41) is 1.10. The van der Waals surface area contributed by atoms with E-state index in [2.05, 4.69) is 4.98 Å². The summed E-state index contributed by atoms with van der Waals surface area (Å²) in [6.45, 7) is 0.845. The molecular formula is C15H14N2O2. The number of likely N-dealkylation sites (tertiary alicyclic amines) is 1. The molecule has 1 aliphatic heterocycles. The Morgan fingerprint density at radius 2 is 2.00 bits per heavy atom. The molecule has 0 bridgehead atoms. The lowest BCUT2D eigenvalue weighted by atomic mass is 10.1. The van der Waals surface area contributed by atoms with Crippen LogP contribution in [0.4, 0.5) is 0 Å². The van der Waals surface area contributed by atoms with Gasteiger partial charge in [-0.05, 0) is 18.1 Å². The van der Waals surface area contributed by atoms with Crippen molar-refractivity contribution in [1.29, 1.82) is 0 Å². The lowest BCUT2D eigenvalue weighted by Gasteiger charge is -2.14. The first-order valence-electron chi connectivity index (χ1n) is 6.36. The number of carbonyl (C=O) groups is 2. The number of ketones is 1. The van der Waals surface area contributed by atoms with Gasteiger partial charge in [0.15, 0.2) is 5.78 Å². The summed E-state index contributed by atoms with van der Waals surface area (Å²) in [5.74, 6) is -0.0424. The fourth-order valence-electron chi connectivity index (χ4n) is 2.47. The van der Waals surface area contributed by atoms with Crippen LogP contribution in [0, 0.1) is 0 Å². The molecule has 3 rings (SSSR count). The van der Waals surface area contributed by atoms with E-state index in [1.807, 2.05) is 30.3 Å². The normalized spacial score (nSPS) is 15.5. The zero-order valence-electron chi connectivity index (χ0n) is 10.5. The Morgan fingerprint density at radius 1 is 1.16 bits per heavy atom. The highest BCUT2D eigenvalue weighted by Crippen LogP contribution is 2.17. The molecule has 0 radical (unpaired) electrons. The molecule has 0 spiro atoms. The van der Waals surface area contributed by atoms with E-state index in [4.69, 9.17) is 0 Å². The number of carbonyl (C=O) groups excluding carboxylic acids is 2. The van der Waals surface area contributed by atoms with Gasteiger partial charge in [0, 0.05) is 18.1 Å². The monoisotopic (exact) mass is 254 g/mol. The Hall–Kier alpha value is -2.23. The lowest BCUT2D eigenvalue weighted by molar-refractivity contribution is -0.127. The zero-order valence-corrected chi connectivity index (χ0v) is 10.5. The van der Waals surface area contributed by atoms with Gasteiger partial charge < -0.3 is 4.90 Å². The van der Waals surface area contributed by atoms with Crippen molar-refractivity contribution in [3.8, 4) is 0 Å². The van der Waals surface area contributed by atoms with Crippen LogP contribution in [-0.4, -0.2) is 34.7 Å². The van der Waals surface area contributed by atoms with Crippen LogP contribution in [0.5, 0.6) is 0 Å². The van der Waals surface area contributed by atoms with E-state index in [-0.39, 0.29) is 24.7 Å². The Bertz CT molecular complexity index is 646. The predicted molar refractivity (Wildman–Crippen MR) is 71.7 cm³/mol. The zero-order chi connectivity index (χ0) is 13.2. The van der Waals surface area contributed by atoms with Crippen molar-refractivity contribution in [2.45, 2.75) is 12.8 Å². The molecule has 0 aliphatic carbocycles. The van der Waals surface area contributed by atoms with Crippen molar-refractivity contribution >= 4 is 22.6 Å². The van der Waals surface area contributed by atoms with Gasteiger partial charge in [0.2, 0.25) is 5.91 Å². The fraction of sp³-hybridized carbons (Fsp3) is 0.267.